The molecule has 3 aliphatic rings. The van der Waals surface area contributed by atoms with E-state index in [-0.39, 0.29) is 24.3 Å². The second kappa shape index (κ2) is 5.14. The van der Waals surface area contributed by atoms with E-state index in [0.717, 1.165) is 0 Å². The number of aliphatic hydroxyl groups is 3. The molecule has 2 aliphatic carbocycles. The monoisotopic (exact) mass is 312 g/mol. The number of fused-ring (bicyclic) bond motifs is 3. The topological polar surface area (TPSA) is 116 Å². The van der Waals surface area contributed by atoms with E-state index in [0.29, 0.717) is 5.57 Å². The highest BCUT2D eigenvalue weighted by molar-refractivity contribution is 5.91. The Labute approximate surface area is 127 Å². The van der Waals surface area contributed by atoms with Crippen LogP contribution in [0, 0.1) is 17.8 Å². The Kier molecular flexibility index (Phi) is 3.65. The Hall–Kier alpha value is -1.25. The SMILES string of the molecule is C=C1C(=O)O[C@H]2[C@H]1[C@@H](O)CC(=C)[C@@H]1C[C@H](O)[C@](O)(COO)[C@H]21. The molecule has 0 spiro atoms. The zero-order valence-electron chi connectivity index (χ0n) is 12.0. The average molecular weight is 312 g/mol. The molecular weight excluding hydrogens is 292 g/mol. The Bertz CT molecular complexity index is 530. The average Bonchev–Trinajstić information content (AvgIpc) is 2.82. The van der Waals surface area contributed by atoms with Crippen LogP contribution in [0.25, 0.3) is 0 Å². The molecule has 0 bridgehead atoms. The van der Waals surface area contributed by atoms with E-state index in [4.69, 9.17) is 9.99 Å². The number of carbonyl (C=O) groups is 1. The minimum Gasteiger partial charge on any atom is -0.458 e. The van der Waals surface area contributed by atoms with Crippen molar-refractivity contribution < 1.29 is 35.0 Å². The van der Waals surface area contributed by atoms with E-state index >= 15 is 0 Å². The molecule has 0 amide bonds. The van der Waals surface area contributed by atoms with E-state index < -0.39 is 48.3 Å². The predicted octanol–water partition coefficient (Wildman–Crippen LogP) is -0.377. The summed E-state index contributed by atoms with van der Waals surface area (Å²) in [5, 5.41) is 40.2. The van der Waals surface area contributed by atoms with Crippen molar-refractivity contribution in [1.82, 2.24) is 0 Å². The summed E-state index contributed by atoms with van der Waals surface area (Å²) in [4.78, 5) is 15.9. The Balaban J connectivity index is 2.07. The minimum atomic E-state index is -1.79. The lowest BCUT2D eigenvalue weighted by Gasteiger charge is -2.37. The van der Waals surface area contributed by atoms with Crippen LogP contribution in [0.4, 0.5) is 0 Å². The lowest BCUT2D eigenvalue weighted by molar-refractivity contribution is -0.291. The van der Waals surface area contributed by atoms with Crippen molar-refractivity contribution in [3.05, 3.63) is 24.3 Å². The van der Waals surface area contributed by atoms with Gasteiger partial charge >= 0.3 is 5.97 Å². The van der Waals surface area contributed by atoms with Gasteiger partial charge < -0.3 is 20.1 Å². The fraction of sp³-hybridized carbons (Fsp3) is 0.667. The number of rotatable bonds is 2. The zero-order chi connectivity index (χ0) is 16.2. The lowest BCUT2D eigenvalue weighted by Crippen LogP contribution is -2.53. The van der Waals surface area contributed by atoms with Gasteiger partial charge in [-0.2, -0.15) is 0 Å². The Morgan fingerprint density at radius 2 is 2.05 bits per heavy atom. The van der Waals surface area contributed by atoms with Gasteiger partial charge in [0.25, 0.3) is 0 Å². The van der Waals surface area contributed by atoms with Crippen LogP contribution >= 0.6 is 0 Å². The van der Waals surface area contributed by atoms with Crippen molar-refractivity contribution in [3.8, 4) is 0 Å². The molecule has 122 valence electrons. The van der Waals surface area contributed by atoms with E-state index in [1.54, 1.807) is 0 Å². The molecule has 0 aromatic carbocycles. The highest BCUT2D eigenvalue weighted by Gasteiger charge is 2.64. The van der Waals surface area contributed by atoms with Crippen molar-refractivity contribution in [2.24, 2.45) is 17.8 Å². The number of carbonyl (C=O) groups excluding carboxylic acids is 1. The molecule has 2 saturated carbocycles. The summed E-state index contributed by atoms with van der Waals surface area (Å²) in [6.45, 7) is 7.10. The third kappa shape index (κ3) is 1.97. The van der Waals surface area contributed by atoms with Crippen LogP contribution < -0.4 is 0 Å². The molecule has 0 radical (unpaired) electrons. The predicted molar refractivity (Wildman–Crippen MR) is 73.4 cm³/mol. The molecule has 22 heavy (non-hydrogen) atoms. The van der Waals surface area contributed by atoms with Crippen LogP contribution in [0.3, 0.4) is 0 Å². The highest BCUT2D eigenvalue weighted by Crippen LogP contribution is 2.54. The van der Waals surface area contributed by atoms with E-state index in [1.165, 1.54) is 0 Å². The molecule has 7 atom stereocenters. The first-order valence-electron chi connectivity index (χ1n) is 7.23. The largest absolute Gasteiger partial charge is 0.458 e. The number of hydrogen-bond donors (Lipinski definition) is 4. The third-order valence-corrected chi connectivity index (χ3v) is 5.39. The smallest absolute Gasteiger partial charge is 0.334 e. The summed E-state index contributed by atoms with van der Waals surface area (Å²) in [6.07, 6.45) is -2.45. The number of esters is 1. The molecule has 0 unspecified atom stereocenters. The van der Waals surface area contributed by atoms with Gasteiger partial charge in [0.05, 0.1) is 18.1 Å². The first kappa shape index (κ1) is 15.6. The maximum Gasteiger partial charge on any atom is 0.334 e. The Morgan fingerprint density at radius 3 is 2.68 bits per heavy atom. The van der Waals surface area contributed by atoms with E-state index in [1.807, 2.05) is 0 Å². The fourth-order valence-corrected chi connectivity index (χ4v) is 4.29. The maximum absolute atomic E-state index is 11.8. The van der Waals surface area contributed by atoms with Gasteiger partial charge in [0.1, 0.15) is 18.3 Å². The summed E-state index contributed by atoms with van der Waals surface area (Å²) in [5.74, 6) is -2.37. The van der Waals surface area contributed by atoms with Gasteiger partial charge in [-0.25, -0.2) is 9.68 Å². The lowest BCUT2D eigenvalue weighted by atomic mass is 9.76. The summed E-state index contributed by atoms with van der Waals surface area (Å²) >= 11 is 0. The molecule has 1 saturated heterocycles. The molecule has 7 nitrogen and oxygen atoms in total. The fourth-order valence-electron chi connectivity index (χ4n) is 4.29. The molecule has 3 rings (SSSR count). The van der Waals surface area contributed by atoms with Crippen molar-refractivity contribution in [2.45, 2.75) is 36.8 Å². The van der Waals surface area contributed by atoms with Crippen LogP contribution in [0.2, 0.25) is 0 Å². The normalized spacial score (nSPS) is 47.9. The first-order chi connectivity index (χ1) is 10.3. The first-order valence-corrected chi connectivity index (χ1v) is 7.23. The van der Waals surface area contributed by atoms with Crippen molar-refractivity contribution in [2.75, 3.05) is 6.61 Å². The second-order valence-corrected chi connectivity index (χ2v) is 6.50. The molecule has 0 aromatic heterocycles. The van der Waals surface area contributed by atoms with Gasteiger partial charge in [0, 0.05) is 11.5 Å². The summed E-state index contributed by atoms with van der Waals surface area (Å²) in [7, 11) is 0. The number of aliphatic hydroxyl groups excluding tert-OH is 2. The minimum absolute atomic E-state index is 0.152. The van der Waals surface area contributed by atoms with Gasteiger partial charge in [-0.1, -0.05) is 18.7 Å². The van der Waals surface area contributed by atoms with Crippen LogP contribution in [0.5, 0.6) is 0 Å². The van der Waals surface area contributed by atoms with Crippen molar-refractivity contribution in [3.63, 3.8) is 0 Å². The summed E-state index contributed by atoms with van der Waals surface area (Å²) in [6, 6.07) is 0. The molecule has 1 aliphatic heterocycles. The van der Waals surface area contributed by atoms with Crippen LogP contribution in [0.1, 0.15) is 12.8 Å². The van der Waals surface area contributed by atoms with Gasteiger partial charge in [-0.05, 0) is 18.8 Å². The summed E-state index contributed by atoms with van der Waals surface area (Å²) < 4.78 is 5.33. The van der Waals surface area contributed by atoms with Gasteiger partial charge in [-0.15, -0.1) is 0 Å². The molecule has 1 heterocycles. The Morgan fingerprint density at radius 1 is 1.36 bits per heavy atom. The number of ether oxygens (including phenoxy) is 1. The van der Waals surface area contributed by atoms with Gasteiger partial charge in [0.2, 0.25) is 0 Å². The van der Waals surface area contributed by atoms with Crippen LogP contribution in [-0.2, 0) is 14.4 Å². The van der Waals surface area contributed by atoms with E-state index in [9.17, 15) is 20.1 Å². The van der Waals surface area contributed by atoms with Crippen LogP contribution in [0.15, 0.2) is 24.3 Å². The number of hydrogen-bond acceptors (Lipinski definition) is 7. The quantitative estimate of drug-likeness (QED) is 0.181. The maximum atomic E-state index is 11.8. The van der Waals surface area contributed by atoms with Gasteiger partial charge in [-0.3, -0.25) is 5.26 Å². The van der Waals surface area contributed by atoms with Gasteiger partial charge in [0.15, 0.2) is 0 Å². The van der Waals surface area contributed by atoms with E-state index in [2.05, 4.69) is 18.0 Å². The summed E-state index contributed by atoms with van der Waals surface area (Å²) in [5.41, 5.74) is -0.969. The molecule has 0 aromatic rings. The molecular formula is C15H20O7. The molecule has 3 fully saturated rings. The van der Waals surface area contributed by atoms with Crippen LogP contribution in [-0.4, -0.2) is 57.1 Å². The van der Waals surface area contributed by atoms with Crippen molar-refractivity contribution in [1.29, 1.82) is 0 Å². The van der Waals surface area contributed by atoms with Crippen molar-refractivity contribution >= 4 is 5.97 Å². The third-order valence-electron chi connectivity index (χ3n) is 5.39. The molecule has 7 heteroatoms. The highest BCUT2D eigenvalue weighted by atomic mass is 17.1. The standard InChI is InChI=1S/C15H20O7/c1-6-3-9(16)11-7(2)14(18)22-13(11)12-8(6)4-10(17)15(12,19)5-21-20/h8-13,16-17,19-20H,1-5H2/t8-,9-,10-,11+,12-,13-,15+/m0/s1. The molecule has 4 N–H and O–H groups in total. The second-order valence-electron chi connectivity index (χ2n) is 6.50. The zero-order valence-corrected chi connectivity index (χ0v) is 12.0.